The number of ether oxygens (including phenoxy) is 2. The summed E-state index contributed by atoms with van der Waals surface area (Å²) in [6.45, 7) is 4.51. The first kappa shape index (κ1) is 17.0. The Hall–Kier alpha value is -2.08. The molecule has 1 amide bonds. The van der Waals surface area contributed by atoms with Gasteiger partial charge in [0.15, 0.2) is 6.04 Å². The molecule has 6 heteroatoms. The Morgan fingerprint density at radius 2 is 2.00 bits per heavy atom. The van der Waals surface area contributed by atoms with Crippen LogP contribution >= 0.6 is 0 Å². The Morgan fingerprint density at radius 1 is 1.29 bits per heavy atom. The fraction of sp³-hybridized carbons (Fsp3) is 0.467. The molecule has 1 unspecified atom stereocenters. The van der Waals surface area contributed by atoms with E-state index in [0.29, 0.717) is 23.8 Å². The van der Waals surface area contributed by atoms with Crippen LogP contribution < -0.4 is 10.1 Å². The van der Waals surface area contributed by atoms with Crippen LogP contribution in [0.4, 0.5) is 0 Å². The summed E-state index contributed by atoms with van der Waals surface area (Å²) >= 11 is 0. The van der Waals surface area contributed by atoms with Crippen molar-refractivity contribution in [3.63, 3.8) is 0 Å². The van der Waals surface area contributed by atoms with Gasteiger partial charge in [0.1, 0.15) is 5.75 Å². The van der Waals surface area contributed by atoms with Crippen LogP contribution in [0.1, 0.15) is 24.2 Å². The average Bonchev–Trinajstić information content (AvgIpc) is 2.44. The molecule has 0 saturated carbocycles. The second-order valence-corrected chi connectivity index (χ2v) is 5.05. The van der Waals surface area contributed by atoms with Gasteiger partial charge in [-0.1, -0.05) is 19.9 Å². The molecule has 116 valence electrons. The first-order valence-corrected chi connectivity index (χ1v) is 6.69. The molecule has 0 aromatic heterocycles. The molecule has 1 rings (SSSR count). The van der Waals surface area contributed by atoms with Crippen LogP contribution in [0.5, 0.6) is 5.75 Å². The number of rotatable bonds is 8. The van der Waals surface area contributed by atoms with Crippen molar-refractivity contribution in [1.82, 2.24) is 5.32 Å². The number of carboxylic acids is 1. The number of nitrogens with one attached hydrogen (secondary N) is 1. The number of amides is 1. The Labute approximate surface area is 124 Å². The quantitative estimate of drug-likeness (QED) is 0.760. The Morgan fingerprint density at radius 3 is 2.57 bits per heavy atom. The fourth-order valence-electron chi connectivity index (χ4n) is 1.57. The summed E-state index contributed by atoms with van der Waals surface area (Å²) in [7, 11) is 1.38. The van der Waals surface area contributed by atoms with Gasteiger partial charge < -0.3 is 19.9 Å². The minimum atomic E-state index is -1.14. The van der Waals surface area contributed by atoms with Gasteiger partial charge >= 0.3 is 5.97 Å². The van der Waals surface area contributed by atoms with Crippen molar-refractivity contribution in [2.24, 2.45) is 5.92 Å². The van der Waals surface area contributed by atoms with Crippen LogP contribution in [0.15, 0.2) is 24.3 Å². The van der Waals surface area contributed by atoms with Gasteiger partial charge in [-0.3, -0.25) is 4.79 Å². The van der Waals surface area contributed by atoms with Gasteiger partial charge in [-0.2, -0.15) is 0 Å². The summed E-state index contributed by atoms with van der Waals surface area (Å²) in [6, 6.07) is 5.55. The van der Waals surface area contributed by atoms with Gasteiger partial charge in [0.2, 0.25) is 0 Å². The smallest absolute Gasteiger partial charge is 0.328 e. The topological polar surface area (TPSA) is 84.9 Å². The molecule has 21 heavy (non-hydrogen) atoms. The maximum Gasteiger partial charge on any atom is 0.328 e. The fourth-order valence-corrected chi connectivity index (χ4v) is 1.57. The van der Waals surface area contributed by atoms with Crippen LogP contribution in [0, 0.1) is 5.92 Å². The van der Waals surface area contributed by atoms with Crippen LogP contribution in [0.25, 0.3) is 0 Å². The van der Waals surface area contributed by atoms with E-state index in [4.69, 9.17) is 14.6 Å². The van der Waals surface area contributed by atoms with Crippen molar-refractivity contribution in [1.29, 1.82) is 0 Å². The largest absolute Gasteiger partial charge is 0.493 e. The predicted molar refractivity (Wildman–Crippen MR) is 77.5 cm³/mol. The molecule has 1 aromatic carbocycles. The molecule has 0 aliphatic carbocycles. The second kappa shape index (κ2) is 8.26. The van der Waals surface area contributed by atoms with E-state index in [0.717, 1.165) is 0 Å². The molecule has 0 spiro atoms. The van der Waals surface area contributed by atoms with Crippen molar-refractivity contribution in [3.05, 3.63) is 29.8 Å². The molecule has 0 radical (unpaired) electrons. The Balaban J connectivity index is 2.73. The van der Waals surface area contributed by atoms with Crippen molar-refractivity contribution in [2.45, 2.75) is 19.9 Å². The second-order valence-electron chi connectivity index (χ2n) is 5.05. The number of aliphatic carboxylic acids is 1. The lowest BCUT2D eigenvalue weighted by Gasteiger charge is -2.14. The maximum atomic E-state index is 12.0. The maximum absolute atomic E-state index is 12.0. The number of carbonyl (C=O) groups excluding carboxylic acids is 1. The van der Waals surface area contributed by atoms with Crippen molar-refractivity contribution in [3.8, 4) is 5.75 Å². The number of carbonyl (C=O) groups is 2. The highest BCUT2D eigenvalue weighted by molar-refractivity contribution is 5.96. The summed E-state index contributed by atoms with van der Waals surface area (Å²) in [6.07, 6.45) is 0. The standard InChI is InChI=1S/C15H21NO5/c1-10(2)8-21-12-6-4-5-11(7-12)14(17)16-13(9-20-3)15(18)19/h4-7,10,13H,8-9H2,1-3H3,(H,16,17)(H,18,19). The van der Waals surface area contributed by atoms with Crippen molar-refractivity contribution in [2.75, 3.05) is 20.3 Å². The zero-order chi connectivity index (χ0) is 15.8. The molecule has 0 aliphatic heterocycles. The Bertz CT molecular complexity index is 487. The molecule has 0 saturated heterocycles. The monoisotopic (exact) mass is 295 g/mol. The molecule has 1 atom stereocenters. The minimum absolute atomic E-state index is 0.0926. The molecule has 0 fully saturated rings. The molecular weight excluding hydrogens is 274 g/mol. The van der Waals surface area contributed by atoms with E-state index in [9.17, 15) is 9.59 Å². The van der Waals surface area contributed by atoms with E-state index < -0.39 is 17.9 Å². The molecule has 6 nitrogen and oxygen atoms in total. The van der Waals surface area contributed by atoms with Crippen LogP contribution in [-0.4, -0.2) is 43.3 Å². The highest BCUT2D eigenvalue weighted by Gasteiger charge is 2.20. The van der Waals surface area contributed by atoms with Gasteiger partial charge in [-0.25, -0.2) is 4.79 Å². The molecule has 2 N–H and O–H groups in total. The van der Waals surface area contributed by atoms with Crippen molar-refractivity contribution < 1.29 is 24.2 Å². The van der Waals surface area contributed by atoms with E-state index in [1.54, 1.807) is 24.3 Å². The lowest BCUT2D eigenvalue weighted by atomic mass is 10.2. The van der Waals surface area contributed by atoms with E-state index in [-0.39, 0.29) is 6.61 Å². The number of hydrogen-bond acceptors (Lipinski definition) is 4. The van der Waals surface area contributed by atoms with E-state index in [1.807, 2.05) is 13.8 Å². The Kier molecular flexibility index (Phi) is 6.68. The van der Waals surface area contributed by atoms with E-state index >= 15 is 0 Å². The number of benzene rings is 1. The summed E-state index contributed by atoms with van der Waals surface area (Å²) in [5.41, 5.74) is 0.346. The average molecular weight is 295 g/mol. The molecule has 1 aromatic rings. The van der Waals surface area contributed by atoms with Crippen LogP contribution in [-0.2, 0) is 9.53 Å². The van der Waals surface area contributed by atoms with Crippen LogP contribution in [0.3, 0.4) is 0 Å². The van der Waals surface area contributed by atoms with Crippen LogP contribution in [0.2, 0.25) is 0 Å². The summed E-state index contributed by atoms with van der Waals surface area (Å²) in [5.74, 6) is -0.664. The zero-order valence-electron chi connectivity index (χ0n) is 12.5. The summed E-state index contributed by atoms with van der Waals surface area (Å²) in [5, 5.41) is 11.4. The SMILES string of the molecule is COCC(NC(=O)c1cccc(OCC(C)C)c1)C(=O)O. The van der Waals surface area contributed by atoms with E-state index in [2.05, 4.69) is 5.32 Å². The van der Waals surface area contributed by atoms with Gasteiger partial charge in [0.05, 0.1) is 13.2 Å². The zero-order valence-corrected chi connectivity index (χ0v) is 12.5. The third-order valence-electron chi connectivity index (χ3n) is 2.62. The van der Waals surface area contributed by atoms with E-state index in [1.165, 1.54) is 7.11 Å². The highest BCUT2D eigenvalue weighted by atomic mass is 16.5. The number of methoxy groups -OCH3 is 1. The summed E-state index contributed by atoms with van der Waals surface area (Å²) < 4.78 is 10.3. The van der Waals surface area contributed by atoms with Crippen molar-refractivity contribution >= 4 is 11.9 Å². The third kappa shape index (κ3) is 5.83. The first-order chi connectivity index (χ1) is 9.93. The lowest BCUT2D eigenvalue weighted by molar-refractivity contribution is -0.140. The predicted octanol–water partition coefficient (Wildman–Crippen LogP) is 1.55. The normalized spacial score (nSPS) is 12.0. The molecule has 0 aliphatic rings. The molecule has 0 bridgehead atoms. The number of hydrogen-bond donors (Lipinski definition) is 2. The van der Waals surface area contributed by atoms with Gasteiger partial charge in [0, 0.05) is 12.7 Å². The number of carboxylic acid groups (broad SMARTS) is 1. The summed E-state index contributed by atoms with van der Waals surface area (Å²) in [4.78, 5) is 23.0. The third-order valence-corrected chi connectivity index (χ3v) is 2.62. The van der Waals surface area contributed by atoms with Gasteiger partial charge in [-0.05, 0) is 24.1 Å². The first-order valence-electron chi connectivity index (χ1n) is 6.69. The molecule has 0 heterocycles. The minimum Gasteiger partial charge on any atom is -0.493 e. The van der Waals surface area contributed by atoms with Gasteiger partial charge in [-0.15, -0.1) is 0 Å². The van der Waals surface area contributed by atoms with Gasteiger partial charge in [0.25, 0.3) is 5.91 Å². The lowest BCUT2D eigenvalue weighted by Crippen LogP contribution is -2.43. The molecular formula is C15H21NO5. The highest BCUT2D eigenvalue weighted by Crippen LogP contribution is 2.14.